The maximum atomic E-state index is 13.5. The van der Waals surface area contributed by atoms with E-state index in [-0.39, 0.29) is 29.9 Å². The summed E-state index contributed by atoms with van der Waals surface area (Å²) in [6, 6.07) is 15.0. The summed E-state index contributed by atoms with van der Waals surface area (Å²) in [6.07, 6.45) is 3.87. The first kappa shape index (κ1) is 32.6. The quantitative estimate of drug-likeness (QED) is 0.0815. The van der Waals surface area contributed by atoms with Crippen molar-refractivity contribution in [1.82, 2.24) is 4.98 Å². The fraction of sp³-hybridized carbons (Fsp3) is 0.265. The van der Waals surface area contributed by atoms with E-state index in [9.17, 15) is 9.18 Å². The van der Waals surface area contributed by atoms with Gasteiger partial charge < -0.3 is 35.3 Å². The summed E-state index contributed by atoms with van der Waals surface area (Å²) in [5.74, 6) is 1.36. The van der Waals surface area contributed by atoms with Gasteiger partial charge in [-0.1, -0.05) is 6.92 Å². The molecule has 1 unspecified atom stereocenters. The second-order valence-corrected chi connectivity index (χ2v) is 10.2. The maximum absolute atomic E-state index is 13.5. The summed E-state index contributed by atoms with van der Waals surface area (Å²) in [5, 5.41) is 7.02. The van der Waals surface area contributed by atoms with Gasteiger partial charge in [0.2, 0.25) is 0 Å². The molecule has 0 aliphatic rings. The van der Waals surface area contributed by atoms with Gasteiger partial charge in [0.1, 0.15) is 17.3 Å². The number of aliphatic imine (C=N–C) groups is 1. The molecular formula is C34H38FN5O5. The molecule has 236 valence electrons. The van der Waals surface area contributed by atoms with Crippen LogP contribution in [0.5, 0.6) is 23.0 Å². The zero-order chi connectivity index (χ0) is 32.5. The number of rotatable bonds is 13. The number of aromatic nitrogens is 1. The van der Waals surface area contributed by atoms with Gasteiger partial charge in [0.15, 0.2) is 23.0 Å². The number of carbonyl (C=O) groups excluding carboxylic acids is 1. The van der Waals surface area contributed by atoms with Crippen molar-refractivity contribution in [3.05, 3.63) is 83.6 Å². The highest BCUT2D eigenvalue weighted by Gasteiger charge is 2.17. The molecule has 3 aromatic carbocycles. The van der Waals surface area contributed by atoms with Gasteiger partial charge in [0, 0.05) is 29.4 Å². The Bertz CT molecular complexity index is 1740. The van der Waals surface area contributed by atoms with Crippen LogP contribution < -0.4 is 30.6 Å². The summed E-state index contributed by atoms with van der Waals surface area (Å²) in [7, 11) is 3.14. The van der Waals surface area contributed by atoms with Crippen LogP contribution >= 0.6 is 0 Å². The fourth-order valence-corrected chi connectivity index (χ4v) is 4.37. The first-order chi connectivity index (χ1) is 21.7. The van der Waals surface area contributed by atoms with E-state index in [0.29, 0.717) is 51.1 Å². The molecule has 4 aromatic rings. The molecule has 0 aliphatic heterocycles. The molecule has 0 spiro atoms. The molecule has 1 amide bonds. The lowest BCUT2D eigenvalue weighted by Gasteiger charge is -2.19. The number of carbonyl (C=O) groups is 1. The predicted molar refractivity (Wildman–Crippen MR) is 175 cm³/mol. The number of aryl methyl sites for hydroxylation is 1. The summed E-state index contributed by atoms with van der Waals surface area (Å²) in [5.41, 5.74) is 9.03. The Labute approximate surface area is 262 Å². The highest BCUT2D eigenvalue weighted by molar-refractivity contribution is 6.06. The number of hydrogen-bond acceptors (Lipinski definition) is 9. The Morgan fingerprint density at radius 3 is 2.47 bits per heavy atom. The van der Waals surface area contributed by atoms with Crippen LogP contribution in [0, 0.1) is 12.7 Å². The van der Waals surface area contributed by atoms with Gasteiger partial charge in [-0.25, -0.2) is 4.39 Å². The molecular weight excluding hydrogens is 577 g/mol. The summed E-state index contributed by atoms with van der Waals surface area (Å²) in [6.45, 7) is 7.88. The third-order valence-electron chi connectivity index (χ3n) is 6.97. The molecule has 0 aliphatic carbocycles. The Balaban J connectivity index is 1.64. The molecule has 0 saturated carbocycles. The largest absolute Gasteiger partial charge is 0.493 e. The number of nitrogens with zero attached hydrogens (tertiary/aromatic N) is 2. The van der Waals surface area contributed by atoms with Gasteiger partial charge in [-0.05, 0) is 81.3 Å². The van der Waals surface area contributed by atoms with E-state index in [1.807, 2.05) is 13.0 Å². The third-order valence-corrected chi connectivity index (χ3v) is 6.97. The standard InChI is InChI=1S/C34H38FN5O5/c1-7-21(4)39-27-16-23(40-34(41)33(36)32(44-8-2)19-38-25-11-9-22(35)15-20(25)3)10-12-29(27)45-28-13-14-37-26-18-31(43-6)30(42-5)17-24(26)28/h9-19,21,39H,7-8,36H2,1-6H3,(H,40,41). The highest BCUT2D eigenvalue weighted by Crippen LogP contribution is 2.39. The van der Waals surface area contributed by atoms with E-state index in [2.05, 4.69) is 27.5 Å². The number of pyridine rings is 1. The smallest absolute Gasteiger partial charge is 0.275 e. The lowest BCUT2D eigenvalue weighted by atomic mass is 10.1. The lowest BCUT2D eigenvalue weighted by Crippen LogP contribution is -2.23. The van der Waals surface area contributed by atoms with E-state index in [1.165, 1.54) is 18.3 Å². The van der Waals surface area contributed by atoms with Gasteiger partial charge in [-0.15, -0.1) is 0 Å². The van der Waals surface area contributed by atoms with Gasteiger partial charge >= 0.3 is 0 Å². The minimum absolute atomic E-state index is 0.0910. The zero-order valence-corrected chi connectivity index (χ0v) is 26.2. The number of allylic oxidation sites excluding steroid dienone is 1. The molecule has 45 heavy (non-hydrogen) atoms. The molecule has 1 heterocycles. The summed E-state index contributed by atoms with van der Waals surface area (Å²) >= 11 is 0. The van der Waals surface area contributed by atoms with Crippen molar-refractivity contribution >= 4 is 40.1 Å². The molecule has 0 bridgehead atoms. The second-order valence-electron chi connectivity index (χ2n) is 10.2. The number of benzene rings is 3. The van der Waals surface area contributed by atoms with Crippen LogP contribution in [-0.4, -0.2) is 44.0 Å². The predicted octanol–water partition coefficient (Wildman–Crippen LogP) is 7.25. The second kappa shape index (κ2) is 14.9. The van der Waals surface area contributed by atoms with Crippen LogP contribution in [-0.2, 0) is 9.53 Å². The van der Waals surface area contributed by atoms with Gasteiger partial charge in [-0.3, -0.25) is 14.8 Å². The number of halogens is 1. The van der Waals surface area contributed by atoms with Crippen LogP contribution in [0.25, 0.3) is 10.9 Å². The average molecular weight is 616 g/mol. The third kappa shape index (κ3) is 7.99. The van der Waals surface area contributed by atoms with Crippen LogP contribution in [0.4, 0.5) is 21.5 Å². The number of nitrogens with two attached hydrogens (primary N) is 1. The molecule has 10 nitrogen and oxygen atoms in total. The van der Waals surface area contributed by atoms with Crippen molar-refractivity contribution in [2.24, 2.45) is 10.7 Å². The number of nitrogens with one attached hydrogen (secondary N) is 2. The van der Waals surface area contributed by atoms with E-state index in [1.54, 1.807) is 70.7 Å². The number of hydrogen-bond donors (Lipinski definition) is 3. The van der Waals surface area contributed by atoms with Crippen molar-refractivity contribution in [2.45, 2.75) is 40.2 Å². The summed E-state index contributed by atoms with van der Waals surface area (Å²) < 4.78 is 36.4. The minimum Gasteiger partial charge on any atom is -0.493 e. The SMILES string of the molecule is CCOC(C=Nc1ccc(F)cc1C)=C(N)C(=O)Nc1ccc(Oc2ccnc3cc(OC)c(OC)cc23)c(NC(C)CC)c1. The minimum atomic E-state index is -0.579. The average Bonchev–Trinajstić information content (AvgIpc) is 3.03. The highest BCUT2D eigenvalue weighted by atomic mass is 19.1. The van der Waals surface area contributed by atoms with Crippen LogP contribution in [0.3, 0.4) is 0 Å². The van der Waals surface area contributed by atoms with Gasteiger partial charge in [0.25, 0.3) is 5.91 Å². The monoisotopic (exact) mass is 615 g/mol. The maximum Gasteiger partial charge on any atom is 0.275 e. The number of ether oxygens (including phenoxy) is 4. The topological polar surface area (TPSA) is 129 Å². The molecule has 11 heteroatoms. The number of anilines is 2. The Kier molecular flexibility index (Phi) is 10.8. The van der Waals surface area contributed by atoms with Gasteiger partial charge in [-0.2, -0.15) is 0 Å². The first-order valence-corrected chi connectivity index (χ1v) is 14.5. The number of amides is 1. The van der Waals surface area contributed by atoms with Crippen molar-refractivity contribution in [2.75, 3.05) is 31.5 Å². The van der Waals surface area contributed by atoms with Crippen LogP contribution in [0.15, 0.2) is 77.2 Å². The summed E-state index contributed by atoms with van der Waals surface area (Å²) in [4.78, 5) is 22.0. The van der Waals surface area contributed by atoms with Crippen LogP contribution in [0.2, 0.25) is 0 Å². The zero-order valence-electron chi connectivity index (χ0n) is 26.2. The van der Waals surface area contributed by atoms with Crippen molar-refractivity contribution in [3.8, 4) is 23.0 Å². The van der Waals surface area contributed by atoms with Crippen LogP contribution in [0.1, 0.15) is 32.8 Å². The number of methoxy groups -OCH3 is 2. The normalized spacial score (nSPS) is 12.4. The van der Waals surface area contributed by atoms with Crippen molar-refractivity contribution < 1.29 is 28.1 Å². The fourth-order valence-electron chi connectivity index (χ4n) is 4.37. The first-order valence-electron chi connectivity index (χ1n) is 14.5. The van der Waals surface area contributed by atoms with E-state index >= 15 is 0 Å². The Morgan fingerprint density at radius 1 is 1.02 bits per heavy atom. The Morgan fingerprint density at radius 2 is 1.78 bits per heavy atom. The van der Waals surface area contributed by atoms with Gasteiger partial charge in [0.05, 0.1) is 43.9 Å². The molecule has 0 saturated heterocycles. The van der Waals surface area contributed by atoms with Crippen molar-refractivity contribution in [3.63, 3.8) is 0 Å². The molecule has 0 radical (unpaired) electrons. The Hall–Kier alpha value is -5.32. The lowest BCUT2D eigenvalue weighted by molar-refractivity contribution is -0.113. The molecule has 1 aromatic heterocycles. The van der Waals surface area contributed by atoms with E-state index in [4.69, 9.17) is 24.7 Å². The molecule has 1 atom stereocenters. The molecule has 4 rings (SSSR count). The van der Waals surface area contributed by atoms with Crippen molar-refractivity contribution in [1.29, 1.82) is 0 Å². The molecule has 4 N–H and O–H groups in total. The van der Waals surface area contributed by atoms with E-state index < -0.39 is 5.91 Å². The number of fused-ring (bicyclic) bond motifs is 1. The van der Waals surface area contributed by atoms with E-state index in [0.717, 1.165) is 11.8 Å². The molecule has 0 fully saturated rings.